The molecule has 0 aliphatic heterocycles. The average Bonchev–Trinajstić information content (AvgIpc) is 3.15. The van der Waals surface area contributed by atoms with E-state index in [9.17, 15) is 26.7 Å². The Hall–Kier alpha value is -3.63. The van der Waals surface area contributed by atoms with E-state index in [1.54, 1.807) is 42.5 Å². The van der Waals surface area contributed by atoms with Crippen molar-refractivity contribution >= 4 is 34.8 Å². The molecule has 4 rings (SSSR count). The first-order chi connectivity index (χ1) is 18.0. The maximum atomic E-state index is 14.1. The van der Waals surface area contributed by atoms with Gasteiger partial charge in [-0.1, -0.05) is 35.3 Å². The molecule has 0 unspecified atom stereocenters. The van der Waals surface area contributed by atoms with Crippen LogP contribution in [0.4, 0.5) is 27.6 Å². The van der Waals surface area contributed by atoms with Gasteiger partial charge in [0, 0.05) is 10.6 Å². The summed E-state index contributed by atoms with van der Waals surface area (Å²) in [5.74, 6) is -10.3. The monoisotopic (exact) mass is 569 g/mol. The zero-order valence-corrected chi connectivity index (χ0v) is 21.3. The van der Waals surface area contributed by atoms with Gasteiger partial charge in [-0.25, -0.2) is 22.0 Å². The maximum absolute atomic E-state index is 14.1. The number of anilines is 1. The summed E-state index contributed by atoms with van der Waals surface area (Å²) >= 11 is 12.0. The number of aryl methyl sites for hydroxylation is 1. The molecule has 4 aromatic rings. The van der Waals surface area contributed by atoms with Gasteiger partial charge in [0.05, 0.1) is 34.2 Å². The zero-order chi connectivity index (χ0) is 27.7. The van der Waals surface area contributed by atoms with Gasteiger partial charge < -0.3 is 10.1 Å². The molecule has 198 valence electrons. The number of nitrogens with zero attached hydrogens (tertiary/aromatic N) is 2. The number of hydrogen-bond donors (Lipinski definition) is 1. The number of aromatic nitrogens is 2. The van der Waals surface area contributed by atoms with E-state index in [2.05, 4.69) is 10.4 Å². The van der Waals surface area contributed by atoms with Gasteiger partial charge in [0.1, 0.15) is 12.4 Å². The minimum atomic E-state index is -2.24. The van der Waals surface area contributed by atoms with E-state index in [1.165, 1.54) is 13.8 Å². The van der Waals surface area contributed by atoms with Gasteiger partial charge >= 0.3 is 0 Å². The van der Waals surface area contributed by atoms with Crippen LogP contribution < -0.4 is 10.1 Å². The van der Waals surface area contributed by atoms with Gasteiger partial charge in [0.25, 0.3) is 5.91 Å². The molecule has 1 N–H and O–H groups in total. The van der Waals surface area contributed by atoms with Crippen molar-refractivity contribution < 1.29 is 31.5 Å². The molecule has 0 aliphatic carbocycles. The Morgan fingerprint density at radius 2 is 1.53 bits per heavy atom. The van der Waals surface area contributed by atoms with E-state index in [4.69, 9.17) is 27.9 Å². The quantitative estimate of drug-likeness (QED) is 0.143. The van der Waals surface area contributed by atoms with E-state index in [-0.39, 0.29) is 23.7 Å². The van der Waals surface area contributed by atoms with Crippen molar-refractivity contribution in [2.24, 2.45) is 0 Å². The molecule has 0 fully saturated rings. The van der Waals surface area contributed by atoms with Crippen molar-refractivity contribution in [3.63, 3.8) is 0 Å². The van der Waals surface area contributed by atoms with E-state index in [1.807, 2.05) is 0 Å². The van der Waals surface area contributed by atoms with Crippen LogP contribution in [-0.4, -0.2) is 15.7 Å². The van der Waals surface area contributed by atoms with Crippen LogP contribution in [0.2, 0.25) is 10.0 Å². The minimum absolute atomic E-state index is 0.186. The lowest BCUT2D eigenvalue weighted by Crippen LogP contribution is -2.14. The summed E-state index contributed by atoms with van der Waals surface area (Å²) in [6.45, 7) is 2.47. The molecule has 1 aromatic heterocycles. The predicted molar refractivity (Wildman–Crippen MR) is 132 cm³/mol. The molecule has 12 heteroatoms. The molecule has 0 saturated heterocycles. The fraction of sp³-hybridized carbons (Fsp3) is 0.154. The number of rotatable bonds is 7. The molecule has 0 bridgehead atoms. The van der Waals surface area contributed by atoms with Crippen molar-refractivity contribution in [2.75, 3.05) is 5.32 Å². The lowest BCUT2D eigenvalue weighted by molar-refractivity contribution is 0.102. The number of halogens is 7. The second-order valence-corrected chi connectivity index (χ2v) is 9.11. The van der Waals surface area contributed by atoms with Crippen molar-refractivity contribution in [1.29, 1.82) is 0 Å². The number of benzene rings is 3. The SMILES string of the molecule is Cc1nn(Cc2c(F)c(F)c(F)c(F)c2F)c(C)c1NC(=O)c1ccc(COc2ccc(Cl)cc2Cl)cc1. The first-order valence-electron chi connectivity index (χ1n) is 11.0. The van der Waals surface area contributed by atoms with Crippen molar-refractivity contribution in [2.45, 2.75) is 27.0 Å². The predicted octanol–water partition coefficient (Wildman–Crippen LogP) is 7.38. The van der Waals surface area contributed by atoms with E-state index >= 15 is 0 Å². The fourth-order valence-electron chi connectivity index (χ4n) is 3.66. The van der Waals surface area contributed by atoms with Gasteiger partial charge in [0.15, 0.2) is 23.3 Å². The van der Waals surface area contributed by atoms with Gasteiger partial charge in [-0.15, -0.1) is 0 Å². The Bertz CT molecular complexity index is 1510. The number of carbonyl (C=O) groups excluding carboxylic acids is 1. The highest BCUT2D eigenvalue weighted by Gasteiger charge is 2.27. The third-order valence-corrected chi connectivity index (χ3v) is 6.26. The summed E-state index contributed by atoms with van der Waals surface area (Å²) in [7, 11) is 0. The van der Waals surface area contributed by atoms with Gasteiger partial charge in [-0.2, -0.15) is 5.10 Å². The third-order valence-electron chi connectivity index (χ3n) is 5.73. The van der Waals surface area contributed by atoms with E-state index in [0.29, 0.717) is 21.4 Å². The van der Waals surface area contributed by atoms with E-state index in [0.717, 1.165) is 10.2 Å². The van der Waals surface area contributed by atoms with E-state index < -0.39 is 47.1 Å². The van der Waals surface area contributed by atoms with Crippen LogP contribution in [0.25, 0.3) is 0 Å². The maximum Gasteiger partial charge on any atom is 0.255 e. The number of carbonyl (C=O) groups is 1. The average molecular weight is 570 g/mol. The van der Waals surface area contributed by atoms with Crippen LogP contribution in [0.15, 0.2) is 42.5 Å². The molecule has 1 heterocycles. The van der Waals surface area contributed by atoms with Crippen LogP contribution in [0.5, 0.6) is 5.75 Å². The van der Waals surface area contributed by atoms with Crippen LogP contribution in [0.1, 0.15) is 32.9 Å². The summed E-state index contributed by atoms with van der Waals surface area (Å²) in [6.07, 6.45) is 0. The minimum Gasteiger partial charge on any atom is -0.487 e. The van der Waals surface area contributed by atoms with Crippen LogP contribution in [-0.2, 0) is 13.2 Å². The second kappa shape index (κ2) is 11.0. The largest absolute Gasteiger partial charge is 0.487 e. The molecule has 5 nitrogen and oxygen atoms in total. The molecule has 38 heavy (non-hydrogen) atoms. The smallest absolute Gasteiger partial charge is 0.255 e. The van der Waals surface area contributed by atoms with Gasteiger partial charge in [-0.3, -0.25) is 9.48 Å². The summed E-state index contributed by atoms with van der Waals surface area (Å²) in [5.41, 5.74) is 0.792. The summed E-state index contributed by atoms with van der Waals surface area (Å²) in [5, 5.41) is 7.60. The first-order valence-corrected chi connectivity index (χ1v) is 11.8. The molecule has 0 saturated carbocycles. The molecule has 3 aromatic carbocycles. The second-order valence-electron chi connectivity index (χ2n) is 8.27. The summed E-state index contributed by atoms with van der Waals surface area (Å²) in [4.78, 5) is 12.8. The van der Waals surface area contributed by atoms with Crippen molar-refractivity contribution in [3.05, 3.63) is 110 Å². The summed E-state index contributed by atoms with van der Waals surface area (Å²) < 4.78 is 75.5. The number of nitrogens with one attached hydrogen (secondary N) is 1. The standard InChI is InChI=1S/C26H18Cl2F5N3O2/c1-12-25(13(2)36(35-12)10-17-20(29)22(31)24(33)23(32)21(17)30)34-26(37)15-5-3-14(4-6-15)11-38-19-8-7-16(27)9-18(19)28/h3-9H,10-11H2,1-2H3,(H,34,37). The number of hydrogen-bond acceptors (Lipinski definition) is 3. The molecule has 0 aliphatic rings. The van der Waals surface area contributed by atoms with Crippen molar-refractivity contribution in [3.8, 4) is 5.75 Å². The van der Waals surface area contributed by atoms with Crippen molar-refractivity contribution in [1.82, 2.24) is 9.78 Å². The Morgan fingerprint density at radius 3 is 2.13 bits per heavy atom. The van der Waals surface area contributed by atoms with Crippen LogP contribution >= 0.6 is 23.2 Å². The molecule has 0 radical (unpaired) electrons. The Kier molecular flexibility index (Phi) is 7.94. The highest BCUT2D eigenvalue weighted by molar-refractivity contribution is 6.35. The first kappa shape index (κ1) is 27.4. The lowest BCUT2D eigenvalue weighted by Gasteiger charge is -2.11. The third kappa shape index (κ3) is 5.46. The van der Waals surface area contributed by atoms with Crippen LogP contribution in [0.3, 0.4) is 0 Å². The van der Waals surface area contributed by atoms with Gasteiger partial charge in [0.2, 0.25) is 5.82 Å². The number of amides is 1. The van der Waals surface area contributed by atoms with Gasteiger partial charge in [-0.05, 0) is 49.7 Å². The summed E-state index contributed by atoms with van der Waals surface area (Å²) in [6, 6.07) is 11.4. The lowest BCUT2D eigenvalue weighted by atomic mass is 10.1. The normalized spacial score (nSPS) is 11.1. The topological polar surface area (TPSA) is 56.2 Å². The Labute approximate surface area is 223 Å². The fourth-order valence-corrected chi connectivity index (χ4v) is 4.13. The molecule has 0 spiro atoms. The molecular weight excluding hydrogens is 552 g/mol. The van der Waals surface area contributed by atoms with Crippen LogP contribution in [0, 0.1) is 42.9 Å². The highest BCUT2D eigenvalue weighted by atomic mass is 35.5. The molecular formula is C26H18Cl2F5N3O2. The Morgan fingerprint density at radius 1 is 0.921 bits per heavy atom. The molecule has 1 amide bonds. The molecule has 0 atom stereocenters. The number of ether oxygens (including phenoxy) is 1. The Balaban J connectivity index is 1.47. The highest BCUT2D eigenvalue weighted by Crippen LogP contribution is 2.29. The zero-order valence-electron chi connectivity index (χ0n) is 19.8.